The highest BCUT2D eigenvalue weighted by Gasteiger charge is 2.29. The minimum Gasteiger partial charge on any atom is -0.464 e. The number of hydrogen-bond donors (Lipinski definition) is 1. The number of hydrogen-bond acceptors (Lipinski definition) is 6. The number of aromatic nitrogens is 3. The molecule has 0 atom stereocenters. The SMILES string of the molecule is CCCNc1nc(OCC)nc(OCC(F)(F)F)n1. The van der Waals surface area contributed by atoms with Crippen LogP contribution >= 0.6 is 0 Å². The maximum atomic E-state index is 12.1. The summed E-state index contributed by atoms with van der Waals surface area (Å²) in [7, 11) is 0. The fourth-order valence-electron chi connectivity index (χ4n) is 1.06. The second-order valence-electron chi connectivity index (χ2n) is 3.49. The maximum Gasteiger partial charge on any atom is 0.422 e. The van der Waals surface area contributed by atoms with Gasteiger partial charge in [0.15, 0.2) is 6.61 Å². The topological polar surface area (TPSA) is 69.2 Å². The molecule has 108 valence electrons. The molecule has 9 heteroatoms. The van der Waals surface area contributed by atoms with Gasteiger partial charge in [-0.1, -0.05) is 6.92 Å². The number of nitrogens with zero attached hydrogens (tertiary/aromatic N) is 3. The molecule has 1 N–H and O–H groups in total. The van der Waals surface area contributed by atoms with E-state index in [0.717, 1.165) is 6.42 Å². The van der Waals surface area contributed by atoms with Gasteiger partial charge in [-0.25, -0.2) is 0 Å². The minimum atomic E-state index is -4.45. The van der Waals surface area contributed by atoms with E-state index in [-0.39, 0.29) is 18.6 Å². The van der Waals surface area contributed by atoms with Crippen molar-refractivity contribution >= 4 is 5.95 Å². The molecule has 0 aromatic carbocycles. The van der Waals surface area contributed by atoms with E-state index in [2.05, 4.69) is 25.0 Å². The van der Waals surface area contributed by atoms with Gasteiger partial charge < -0.3 is 14.8 Å². The van der Waals surface area contributed by atoms with Gasteiger partial charge in [-0.2, -0.15) is 23.1 Å². The third-order valence-electron chi connectivity index (χ3n) is 1.77. The highest BCUT2D eigenvalue weighted by molar-refractivity contribution is 5.27. The molecule has 0 radical (unpaired) electrons. The molecule has 6 nitrogen and oxygen atoms in total. The van der Waals surface area contributed by atoms with Gasteiger partial charge in [-0.15, -0.1) is 4.98 Å². The third kappa shape index (κ3) is 6.07. The summed E-state index contributed by atoms with van der Waals surface area (Å²) in [6.45, 7) is 3.04. The first kappa shape index (κ1) is 15.3. The van der Waals surface area contributed by atoms with E-state index in [1.165, 1.54) is 0 Å². The second kappa shape index (κ2) is 6.95. The van der Waals surface area contributed by atoms with Crippen molar-refractivity contribution < 1.29 is 22.6 Å². The van der Waals surface area contributed by atoms with Crippen LogP contribution in [0.2, 0.25) is 0 Å². The van der Waals surface area contributed by atoms with Crippen molar-refractivity contribution in [1.29, 1.82) is 0 Å². The van der Waals surface area contributed by atoms with Crippen LogP contribution in [0, 0.1) is 0 Å². The number of rotatable bonds is 7. The van der Waals surface area contributed by atoms with Gasteiger partial charge in [0.1, 0.15) is 0 Å². The highest BCUT2D eigenvalue weighted by Crippen LogP contribution is 2.18. The molecule has 1 heterocycles. The van der Waals surface area contributed by atoms with Gasteiger partial charge in [0.2, 0.25) is 5.95 Å². The number of ether oxygens (including phenoxy) is 2. The van der Waals surface area contributed by atoms with E-state index >= 15 is 0 Å². The van der Waals surface area contributed by atoms with Gasteiger partial charge in [-0.3, -0.25) is 0 Å². The Kier molecular flexibility index (Phi) is 5.58. The van der Waals surface area contributed by atoms with E-state index < -0.39 is 18.8 Å². The molecular formula is C10H15F3N4O2. The molecule has 1 aromatic rings. The van der Waals surface area contributed by atoms with Crippen LogP contribution in [0.25, 0.3) is 0 Å². The Bertz CT molecular complexity index is 401. The van der Waals surface area contributed by atoms with Crippen LogP contribution in [0.1, 0.15) is 20.3 Å². The third-order valence-corrected chi connectivity index (χ3v) is 1.77. The second-order valence-corrected chi connectivity index (χ2v) is 3.49. The number of alkyl halides is 3. The summed E-state index contributed by atoms with van der Waals surface area (Å²) in [5.74, 6) is 0.123. The molecule has 19 heavy (non-hydrogen) atoms. The van der Waals surface area contributed by atoms with Crippen LogP contribution in [0.15, 0.2) is 0 Å². The fourth-order valence-corrected chi connectivity index (χ4v) is 1.06. The van der Waals surface area contributed by atoms with Crippen LogP contribution < -0.4 is 14.8 Å². The lowest BCUT2D eigenvalue weighted by Gasteiger charge is -2.10. The van der Waals surface area contributed by atoms with E-state index in [1.807, 2.05) is 6.92 Å². The number of nitrogens with one attached hydrogen (secondary N) is 1. The van der Waals surface area contributed by atoms with Gasteiger partial charge in [0.25, 0.3) is 0 Å². The summed E-state index contributed by atoms with van der Waals surface area (Å²) in [6.07, 6.45) is -3.64. The average Bonchev–Trinajstić information content (AvgIpc) is 2.33. The zero-order chi connectivity index (χ0) is 14.3. The summed E-state index contributed by atoms with van der Waals surface area (Å²) in [4.78, 5) is 11.2. The molecule has 0 spiro atoms. The number of halogens is 3. The van der Waals surface area contributed by atoms with Gasteiger partial charge in [0, 0.05) is 6.54 Å². The summed E-state index contributed by atoms with van der Waals surface area (Å²) in [5, 5.41) is 2.83. The quantitative estimate of drug-likeness (QED) is 0.824. The Labute approximate surface area is 108 Å². The van der Waals surface area contributed by atoms with E-state index in [9.17, 15) is 13.2 Å². The zero-order valence-electron chi connectivity index (χ0n) is 10.6. The van der Waals surface area contributed by atoms with Gasteiger partial charge in [-0.05, 0) is 13.3 Å². The molecule has 0 aliphatic carbocycles. The van der Waals surface area contributed by atoms with E-state index in [0.29, 0.717) is 6.54 Å². The Morgan fingerprint density at radius 3 is 2.21 bits per heavy atom. The van der Waals surface area contributed by atoms with E-state index in [4.69, 9.17) is 4.74 Å². The van der Waals surface area contributed by atoms with Crippen LogP contribution in [0.4, 0.5) is 19.1 Å². The van der Waals surface area contributed by atoms with Crippen LogP contribution in [0.5, 0.6) is 12.0 Å². The summed E-state index contributed by atoms with van der Waals surface area (Å²) in [6, 6.07) is -0.498. The Morgan fingerprint density at radius 1 is 1.05 bits per heavy atom. The molecule has 0 fully saturated rings. The monoisotopic (exact) mass is 280 g/mol. The first-order chi connectivity index (χ1) is 8.94. The predicted octanol–water partition coefficient (Wildman–Crippen LogP) is 2.03. The van der Waals surface area contributed by atoms with Crippen molar-refractivity contribution in [3.63, 3.8) is 0 Å². The molecule has 0 aliphatic heterocycles. The molecule has 0 amide bonds. The standard InChI is InChI=1S/C10H15F3N4O2/c1-3-5-14-7-15-8(18-4-2)17-9(16-7)19-6-10(11,12)13/h3-6H2,1-2H3,(H,14,15,16,17). The molecule has 0 aliphatic rings. The molecule has 0 saturated carbocycles. The summed E-state index contributed by atoms with van der Waals surface area (Å²) < 4.78 is 45.7. The van der Waals surface area contributed by atoms with Crippen LogP contribution in [-0.4, -0.2) is 40.9 Å². The molecule has 0 saturated heterocycles. The van der Waals surface area contributed by atoms with Crippen molar-refractivity contribution in [3.8, 4) is 12.0 Å². The first-order valence-corrected chi connectivity index (χ1v) is 5.77. The van der Waals surface area contributed by atoms with Crippen LogP contribution in [0.3, 0.4) is 0 Å². The van der Waals surface area contributed by atoms with Crippen molar-refractivity contribution in [1.82, 2.24) is 15.0 Å². The lowest BCUT2D eigenvalue weighted by molar-refractivity contribution is -0.154. The van der Waals surface area contributed by atoms with Crippen molar-refractivity contribution in [2.24, 2.45) is 0 Å². The Balaban J connectivity index is 2.79. The smallest absolute Gasteiger partial charge is 0.422 e. The molecule has 0 bridgehead atoms. The summed E-state index contributed by atoms with van der Waals surface area (Å²) >= 11 is 0. The highest BCUT2D eigenvalue weighted by atomic mass is 19.4. The minimum absolute atomic E-state index is 0.0757. The molecule has 1 aromatic heterocycles. The van der Waals surface area contributed by atoms with Crippen molar-refractivity contribution in [3.05, 3.63) is 0 Å². The Morgan fingerprint density at radius 2 is 1.68 bits per heavy atom. The summed E-state index contributed by atoms with van der Waals surface area (Å²) in [5.41, 5.74) is 0. The zero-order valence-corrected chi connectivity index (χ0v) is 10.6. The van der Waals surface area contributed by atoms with Gasteiger partial charge in [0.05, 0.1) is 6.61 Å². The average molecular weight is 280 g/mol. The first-order valence-electron chi connectivity index (χ1n) is 5.77. The molecular weight excluding hydrogens is 265 g/mol. The van der Waals surface area contributed by atoms with E-state index in [1.54, 1.807) is 6.92 Å². The van der Waals surface area contributed by atoms with Crippen molar-refractivity contribution in [2.75, 3.05) is 25.1 Å². The number of anilines is 1. The molecule has 1 rings (SSSR count). The van der Waals surface area contributed by atoms with Crippen LogP contribution in [-0.2, 0) is 0 Å². The largest absolute Gasteiger partial charge is 0.464 e. The van der Waals surface area contributed by atoms with Crippen molar-refractivity contribution in [2.45, 2.75) is 26.4 Å². The maximum absolute atomic E-state index is 12.1. The Hall–Kier alpha value is -1.80. The van der Waals surface area contributed by atoms with Gasteiger partial charge >= 0.3 is 18.2 Å². The lowest BCUT2D eigenvalue weighted by Crippen LogP contribution is -2.20. The fraction of sp³-hybridized carbons (Fsp3) is 0.700. The normalized spacial score (nSPS) is 11.2. The lowest BCUT2D eigenvalue weighted by atomic mass is 10.5. The predicted molar refractivity (Wildman–Crippen MR) is 61.3 cm³/mol. The molecule has 0 unspecified atom stereocenters.